The second-order valence-corrected chi connectivity index (χ2v) is 10.2. The lowest BCUT2D eigenvalue weighted by Gasteiger charge is -2.36. The van der Waals surface area contributed by atoms with Crippen LogP contribution in [0.3, 0.4) is 0 Å². The van der Waals surface area contributed by atoms with E-state index >= 15 is 4.39 Å². The molecule has 10 heteroatoms. The Kier molecular flexibility index (Phi) is 6.34. The molecule has 2 fully saturated rings. The van der Waals surface area contributed by atoms with Crippen LogP contribution in [0.1, 0.15) is 36.4 Å². The van der Waals surface area contributed by atoms with Gasteiger partial charge in [-0.25, -0.2) is 14.2 Å². The number of fused-ring (bicyclic) bond motifs is 4. The molecule has 3 atom stereocenters. The third-order valence-corrected chi connectivity index (χ3v) is 7.75. The summed E-state index contributed by atoms with van der Waals surface area (Å²) in [6.07, 6.45) is 6.47. The maximum atomic E-state index is 15.1. The zero-order valence-corrected chi connectivity index (χ0v) is 20.8. The zero-order valence-electron chi connectivity index (χ0n) is 20.0. The molecule has 1 aromatic carbocycles. The summed E-state index contributed by atoms with van der Waals surface area (Å²) in [4.78, 5) is 33.7. The maximum absolute atomic E-state index is 15.1. The smallest absolute Gasteiger partial charge is 0.322 e. The van der Waals surface area contributed by atoms with E-state index in [0.29, 0.717) is 47.6 Å². The summed E-state index contributed by atoms with van der Waals surface area (Å²) in [6, 6.07) is 7.25. The molecule has 192 valence electrons. The largest absolute Gasteiger partial charge is 0.477 e. The number of ether oxygens (including phenoxy) is 2. The normalized spacial score (nSPS) is 22.1. The maximum Gasteiger partial charge on any atom is 0.322 e. The van der Waals surface area contributed by atoms with Crippen LogP contribution in [-0.2, 0) is 11.2 Å². The second-order valence-electron chi connectivity index (χ2n) is 9.80. The van der Waals surface area contributed by atoms with Gasteiger partial charge in [-0.2, -0.15) is 0 Å². The third kappa shape index (κ3) is 4.69. The Labute approximate surface area is 217 Å². The van der Waals surface area contributed by atoms with E-state index in [0.717, 1.165) is 37.0 Å². The van der Waals surface area contributed by atoms with Crippen molar-refractivity contribution in [1.82, 2.24) is 14.9 Å². The Bertz CT molecular complexity index is 1390. The number of aromatic amines is 1. The molecule has 2 N–H and O–H groups in total. The first-order chi connectivity index (χ1) is 18.0. The fraction of sp³-hybridized carbons (Fsp3) is 0.370. The van der Waals surface area contributed by atoms with Crippen molar-refractivity contribution < 1.29 is 18.7 Å². The molecule has 3 aliphatic heterocycles. The molecule has 0 spiro atoms. The number of benzene rings is 1. The van der Waals surface area contributed by atoms with Gasteiger partial charge in [0.25, 0.3) is 0 Å². The summed E-state index contributed by atoms with van der Waals surface area (Å²) in [5.41, 5.74) is 2.88. The molecule has 2 aromatic heterocycles. The number of carbonyl (C=O) groups is 1. The summed E-state index contributed by atoms with van der Waals surface area (Å²) in [6.45, 7) is 2.00. The van der Waals surface area contributed by atoms with Crippen LogP contribution >= 0.6 is 11.6 Å². The molecule has 2 saturated heterocycles. The van der Waals surface area contributed by atoms with Crippen LogP contribution in [0, 0.1) is 11.7 Å². The molecule has 2 amide bonds. The van der Waals surface area contributed by atoms with E-state index < -0.39 is 5.82 Å². The topological polar surface area (TPSA) is 96.6 Å². The van der Waals surface area contributed by atoms with Crippen LogP contribution in [0.15, 0.2) is 47.5 Å². The summed E-state index contributed by atoms with van der Waals surface area (Å²) in [5, 5.41) is 3.00. The average Bonchev–Trinajstić information content (AvgIpc) is 3.52. The first-order valence-corrected chi connectivity index (χ1v) is 12.8. The Balaban J connectivity index is 1.16. The second kappa shape index (κ2) is 9.79. The van der Waals surface area contributed by atoms with E-state index in [1.54, 1.807) is 35.5 Å². The quantitative estimate of drug-likeness (QED) is 0.493. The zero-order chi connectivity index (χ0) is 25.5. The lowest BCUT2D eigenvalue weighted by molar-refractivity contribution is 0.165. The molecule has 2 bridgehead atoms. The van der Waals surface area contributed by atoms with Crippen molar-refractivity contribution in [1.29, 1.82) is 0 Å². The molecular formula is C27H26ClFN4O4. The fourth-order valence-electron chi connectivity index (χ4n) is 5.55. The van der Waals surface area contributed by atoms with Crippen LogP contribution in [0.2, 0.25) is 5.02 Å². The number of amides is 2. The summed E-state index contributed by atoms with van der Waals surface area (Å²) in [5.74, 6) is 0.257. The number of urea groups is 1. The Morgan fingerprint density at radius 3 is 2.95 bits per heavy atom. The molecule has 8 nitrogen and oxygen atoms in total. The predicted octanol–water partition coefficient (Wildman–Crippen LogP) is 4.94. The van der Waals surface area contributed by atoms with Gasteiger partial charge in [0, 0.05) is 54.2 Å². The number of pyridine rings is 2. The summed E-state index contributed by atoms with van der Waals surface area (Å²) < 4.78 is 26.2. The van der Waals surface area contributed by atoms with Crippen LogP contribution in [0.5, 0.6) is 5.88 Å². The minimum Gasteiger partial charge on any atom is -0.477 e. The van der Waals surface area contributed by atoms with Crippen LogP contribution < -0.4 is 15.6 Å². The van der Waals surface area contributed by atoms with E-state index in [-0.39, 0.29) is 29.4 Å². The molecule has 1 unspecified atom stereocenters. The third-order valence-electron chi connectivity index (χ3n) is 7.43. The van der Waals surface area contributed by atoms with E-state index in [1.165, 1.54) is 12.1 Å². The van der Waals surface area contributed by atoms with Gasteiger partial charge in [-0.3, -0.25) is 4.79 Å². The summed E-state index contributed by atoms with van der Waals surface area (Å²) in [7, 11) is 0. The van der Waals surface area contributed by atoms with Gasteiger partial charge in [0.15, 0.2) is 0 Å². The molecular weight excluding hydrogens is 499 g/mol. The van der Waals surface area contributed by atoms with Crippen molar-refractivity contribution in [2.45, 2.75) is 37.8 Å². The SMILES string of the molecule is O=C(Nc1cc(Cl)c(-c2ccc(OCC3CCOC3)nc2)cc1F)N1[C@H]2CC[C@@H]1c1c[nH]c(=O)cc1C2. The van der Waals surface area contributed by atoms with Crippen LogP contribution in [0.25, 0.3) is 11.1 Å². The molecule has 37 heavy (non-hydrogen) atoms. The standard InChI is InChI=1S/C27H26ClFN4O4/c28-21-10-23(32-27(35)33-18-2-3-24(33)20-12-30-25(34)8-17(20)7-18)22(29)9-19(21)16-1-4-26(31-11-16)37-14-15-5-6-36-13-15/h1,4,8-12,15,18,24H,2-3,5-7,13-14H2,(H,30,34)(H,32,35)/t15?,18-,24+/m0/s1. The van der Waals surface area contributed by atoms with Crippen molar-refractivity contribution in [2.75, 3.05) is 25.1 Å². The van der Waals surface area contributed by atoms with E-state index in [4.69, 9.17) is 21.1 Å². The molecule has 5 heterocycles. The first-order valence-electron chi connectivity index (χ1n) is 12.4. The molecule has 0 saturated carbocycles. The van der Waals surface area contributed by atoms with Crippen molar-refractivity contribution in [3.63, 3.8) is 0 Å². The average molecular weight is 525 g/mol. The first kappa shape index (κ1) is 23.9. The highest BCUT2D eigenvalue weighted by atomic mass is 35.5. The minimum absolute atomic E-state index is 0.0112. The Morgan fingerprint density at radius 2 is 2.16 bits per heavy atom. The lowest BCUT2D eigenvalue weighted by Crippen LogP contribution is -2.44. The highest BCUT2D eigenvalue weighted by Gasteiger charge is 2.43. The van der Waals surface area contributed by atoms with Crippen molar-refractivity contribution in [2.24, 2.45) is 5.92 Å². The number of aromatic nitrogens is 2. The van der Waals surface area contributed by atoms with Gasteiger partial charge in [-0.05, 0) is 55.0 Å². The monoisotopic (exact) mass is 524 g/mol. The van der Waals surface area contributed by atoms with Gasteiger partial charge in [-0.15, -0.1) is 0 Å². The molecule has 0 radical (unpaired) electrons. The number of anilines is 1. The predicted molar refractivity (Wildman–Crippen MR) is 136 cm³/mol. The van der Waals surface area contributed by atoms with Crippen molar-refractivity contribution in [3.05, 3.63) is 75.0 Å². The van der Waals surface area contributed by atoms with Crippen LogP contribution in [-0.4, -0.2) is 46.8 Å². The molecule has 3 aromatic rings. The number of H-pyrrole nitrogens is 1. The number of carbonyl (C=O) groups excluding carboxylic acids is 1. The number of nitrogens with one attached hydrogen (secondary N) is 2. The van der Waals surface area contributed by atoms with E-state index in [2.05, 4.69) is 15.3 Å². The van der Waals surface area contributed by atoms with Gasteiger partial charge in [0.2, 0.25) is 11.4 Å². The minimum atomic E-state index is -0.594. The van der Waals surface area contributed by atoms with Crippen molar-refractivity contribution in [3.8, 4) is 17.0 Å². The number of halogens is 2. The number of hydrogen-bond acceptors (Lipinski definition) is 5. The van der Waals surface area contributed by atoms with Gasteiger partial charge in [0.1, 0.15) is 5.82 Å². The lowest BCUT2D eigenvalue weighted by atomic mass is 9.95. The van der Waals surface area contributed by atoms with Gasteiger partial charge >= 0.3 is 6.03 Å². The molecule has 6 rings (SSSR count). The summed E-state index contributed by atoms with van der Waals surface area (Å²) >= 11 is 6.51. The number of rotatable bonds is 5. The van der Waals surface area contributed by atoms with Crippen LogP contribution in [0.4, 0.5) is 14.9 Å². The molecule has 0 aliphatic carbocycles. The molecule has 3 aliphatic rings. The number of nitrogens with zero attached hydrogens (tertiary/aromatic N) is 2. The van der Waals surface area contributed by atoms with E-state index in [1.807, 2.05) is 0 Å². The van der Waals surface area contributed by atoms with Crippen molar-refractivity contribution >= 4 is 23.3 Å². The van der Waals surface area contributed by atoms with Gasteiger partial charge < -0.3 is 24.7 Å². The van der Waals surface area contributed by atoms with Gasteiger partial charge in [0.05, 0.1) is 30.0 Å². The fourth-order valence-corrected chi connectivity index (χ4v) is 5.82. The van der Waals surface area contributed by atoms with Gasteiger partial charge in [-0.1, -0.05) is 11.6 Å². The Hall–Kier alpha value is -3.43. The highest BCUT2D eigenvalue weighted by molar-refractivity contribution is 6.33. The highest BCUT2D eigenvalue weighted by Crippen LogP contribution is 2.43. The number of hydrogen-bond donors (Lipinski definition) is 2. The van der Waals surface area contributed by atoms with E-state index in [9.17, 15) is 9.59 Å². The Morgan fingerprint density at radius 1 is 1.27 bits per heavy atom.